The lowest BCUT2D eigenvalue weighted by Crippen LogP contribution is -2.42. The van der Waals surface area contributed by atoms with Gasteiger partial charge in [-0.3, -0.25) is 4.90 Å². The Bertz CT molecular complexity index is 319. The number of nitrogens with zero attached hydrogens (tertiary/aromatic N) is 1. The Morgan fingerprint density at radius 3 is 1.96 bits per heavy atom. The molecule has 2 saturated heterocycles. The molecule has 3 fully saturated rings. The van der Waals surface area contributed by atoms with Crippen LogP contribution in [0.1, 0.15) is 70.6 Å². The van der Waals surface area contributed by atoms with Crippen molar-refractivity contribution in [2.75, 3.05) is 39.5 Å². The first-order valence-electron chi connectivity index (χ1n) is 9.98. The maximum absolute atomic E-state index is 6.49. The second kappa shape index (κ2) is 9.36. The van der Waals surface area contributed by atoms with Gasteiger partial charge in [-0.1, -0.05) is 44.9 Å². The molecule has 3 aliphatic rings. The Kier molecular flexibility index (Phi) is 7.18. The van der Waals surface area contributed by atoms with Gasteiger partial charge in [-0.15, -0.1) is 0 Å². The lowest BCUT2D eigenvalue weighted by Gasteiger charge is -2.31. The number of ether oxygens (including phenoxy) is 3. The molecule has 0 radical (unpaired) electrons. The van der Waals surface area contributed by atoms with Crippen LogP contribution in [0.3, 0.4) is 0 Å². The molecule has 2 aliphatic heterocycles. The SMILES string of the molecule is C1CCCCCC2(CCCCC1)OC[C@H](CN1CCOCC1)O2. The highest BCUT2D eigenvalue weighted by atomic mass is 16.7. The molecule has 1 spiro atoms. The molecule has 1 aliphatic carbocycles. The Morgan fingerprint density at radius 2 is 1.35 bits per heavy atom. The van der Waals surface area contributed by atoms with E-state index in [2.05, 4.69) is 4.90 Å². The molecule has 0 bridgehead atoms. The molecular formula is C19H35NO3. The number of hydrogen-bond donors (Lipinski definition) is 0. The van der Waals surface area contributed by atoms with E-state index in [-0.39, 0.29) is 11.9 Å². The molecule has 4 heteroatoms. The largest absolute Gasteiger partial charge is 0.379 e. The third-order valence-corrected chi connectivity index (χ3v) is 5.59. The maximum Gasteiger partial charge on any atom is 0.168 e. The summed E-state index contributed by atoms with van der Waals surface area (Å²) in [7, 11) is 0. The monoisotopic (exact) mass is 325 g/mol. The zero-order valence-corrected chi connectivity index (χ0v) is 14.8. The summed E-state index contributed by atoms with van der Waals surface area (Å²) < 4.78 is 18.2. The normalized spacial score (nSPS) is 31.6. The fourth-order valence-electron chi connectivity index (χ4n) is 4.19. The van der Waals surface area contributed by atoms with E-state index in [4.69, 9.17) is 14.2 Å². The molecule has 1 atom stereocenters. The molecule has 0 aromatic carbocycles. The van der Waals surface area contributed by atoms with E-state index in [1.807, 2.05) is 0 Å². The molecule has 0 unspecified atom stereocenters. The minimum Gasteiger partial charge on any atom is -0.379 e. The topological polar surface area (TPSA) is 30.9 Å². The second-order valence-corrected chi connectivity index (χ2v) is 7.56. The van der Waals surface area contributed by atoms with Gasteiger partial charge in [-0.25, -0.2) is 0 Å². The molecule has 0 aromatic rings. The van der Waals surface area contributed by atoms with E-state index in [9.17, 15) is 0 Å². The Morgan fingerprint density at radius 1 is 0.783 bits per heavy atom. The van der Waals surface area contributed by atoms with Crippen molar-refractivity contribution in [3.63, 3.8) is 0 Å². The van der Waals surface area contributed by atoms with Gasteiger partial charge in [0.1, 0.15) is 0 Å². The highest BCUT2D eigenvalue weighted by molar-refractivity contribution is 4.82. The number of rotatable bonds is 2. The fourth-order valence-corrected chi connectivity index (χ4v) is 4.19. The average molecular weight is 325 g/mol. The lowest BCUT2D eigenvalue weighted by molar-refractivity contribution is -0.181. The molecule has 4 nitrogen and oxygen atoms in total. The summed E-state index contributed by atoms with van der Waals surface area (Å²) in [6.45, 7) is 5.57. The van der Waals surface area contributed by atoms with Crippen LogP contribution in [-0.2, 0) is 14.2 Å². The van der Waals surface area contributed by atoms with E-state index in [0.29, 0.717) is 0 Å². The van der Waals surface area contributed by atoms with Crippen LogP contribution < -0.4 is 0 Å². The minimum absolute atomic E-state index is 0.251. The third-order valence-electron chi connectivity index (χ3n) is 5.59. The van der Waals surface area contributed by atoms with Gasteiger partial charge in [0.15, 0.2) is 5.79 Å². The highest BCUT2D eigenvalue weighted by Gasteiger charge is 2.41. The van der Waals surface area contributed by atoms with Crippen LogP contribution >= 0.6 is 0 Å². The zero-order chi connectivity index (χ0) is 15.8. The molecule has 23 heavy (non-hydrogen) atoms. The quantitative estimate of drug-likeness (QED) is 0.774. The van der Waals surface area contributed by atoms with Crippen molar-refractivity contribution in [2.45, 2.75) is 82.5 Å². The summed E-state index contributed by atoms with van der Waals surface area (Å²) in [5, 5.41) is 0. The van der Waals surface area contributed by atoms with Gasteiger partial charge in [-0.05, 0) is 12.8 Å². The Labute approximate surface area is 141 Å². The van der Waals surface area contributed by atoms with E-state index in [0.717, 1.165) is 52.3 Å². The first kappa shape index (κ1) is 17.7. The molecule has 0 amide bonds. The van der Waals surface area contributed by atoms with Crippen LogP contribution in [0.5, 0.6) is 0 Å². The van der Waals surface area contributed by atoms with Crippen molar-refractivity contribution in [3.05, 3.63) is 0 Å². The predicted octanol–water partition coefficient (Wildman–Crippen LogP) is 3.74. The Hall–Kier alpha value is -0.160. The van der Waals surface area contributed by atoms with Gasteiger partial charge < -0.3 is 14.2 Å². The Balaban J connectivity index is 1.48. The van der Waals surface area contributed by atoms with Crippen LogP contribution in [0.4, 0.5) is 0 Å². The molecule has 3 rings (SSSR count). The summed E-state index contributed by atoms with van der Waals surface area (Å²) in [5.74, 6) is -0.268. The van der Waals surface area contributed by atoms with Gasteiger partial charge >= 0.3 is 0 Å². The van der Waals surface area contributed by atoms with E-state index < -0.39 is 0 Å². The number of hydrogen-bond acceptors (Lipinski definition) is 4. The van der Waals surface area contributed by atoms with Crippen LogP contribution in [-0.4, -0.2) is 56.2 Å². The fraction of sp³-hybridized carbons (Fsp3) is 1.00. The highest BCUT2D eigenvalue weighted by Crippen LogP contribution is 2.35. The standard InChI is InChI=1S/C19H35NO3/c1-2-4-6-8-10-19(11-9-7-5-3-1)22-17-18(23-19)16-20-12-14-21-15-13-20/h18H,1-17H2/t18-/m0/s1. The molecule has 2 heterocycles. The third kappa shape index (κ3) is 5.70. The molecule has 1 saturated carbocycles. The lowest BCUT2D eigenvalue weighted by atomic mass is 9.97. The zero-order valence-electron chi connectivity index (χ0n) is 14.8. The van der Waals surface area contributed by atoms with Gasteiger partial charge in [0.25, 0.3) is 0 Å². The van der Waals surface area contributed by atoms with Gasteiger partial charge in [0.05, 0.1) is 25.9 Å². The molecule has 134 valence electrons. The maximum atomic E-state index is 6.49. The minimum atomic E-state index is -0.268. The van der Waals surface area contributed by atoms with Crippen molar-refractivity contribution in [1.29, 1.82) is 0 Å². The van der Waals surface area contributed by atoms with Crippen molar-refractivity contribution < 1.29 is 14.2 Å². The van der Waals surface area contributed by atoms with Crippen LogP contribution in [0, 0.1) is 0 Å². The summed E-state index contributed by atoms with van der Waals surface area (Å²) in [6, 6.07) is 0. The molecular weight excluding hydrogens is 290 g/mol. The van der Waals surface area contributed by atoms with Crippen molar-refractivity contribution in [3.8, 4) is 0 Å². The predicted molar refractivity (Wildman–Crippen MR) is 91.6 cm³/mol. The van der Waals surface area contributed by atoms with Gasteiger partial charge in [0, 0.05) is 32.5 Å². The summed E-state index contributed by atoms with van der Waals surface area (Å²) >= 11 is 0. The molecule has 0 aromatic heterocycles. The van der Waals surface area contributed by atoms with Gasteiger partial charge in [-0.2, -0.15) is 0 Å². The first-order valence-corrected chi connectivity index (χ1v) is 9.98. The van der Waals surface area contributed by atoms with Crippen molar-refractivity contribution >= 4 is 0 Å². The average Bonchev–Trinajstić information content (AvgIpc) is 2.95. The molecule has 0 N–H and O–H groups in total. The summed E-state index contributed by atoms with van der Waals surface area (Å²) in [4.78, 5) is 2.46. The van der Waals surface area contributed by atoms with Gasteiger partial charge in [0.2, 0.25) is 0 Å². The number of morpholine rings is 1. The van der Waals surface area contributed by atoms with E-state index in [1.54, 1.807) is 0 Å². The van der Waals surface area contributed by atoms with Crippen molar-refractivity contribution in [1.82, 2.24) is 4.90 Å². The van der Waals surface area contributed by atoms with E-state index >= 15 is 0 Å². The van der Waals surface area contributed by atoms with Crippen LogP contribution in [0.25, 0.3) is 0 Å². The summed E-state index contributed by atoms with van der Waals surface area (Å²) in [5.41, 5.74) is 0. The van der Waals surface area contributed by atoms with Crippen LogP contribution in [0.2, 0.25) is 0 Å². The van der Waals surface area contributed by atoms with Crippen LogP contribution in [0.15, 0.2) is 0 Å². The first-order chi connectivity index (χ1) is 11.4. The van der Waals surface area contributed by atoms with Crippen molar-refractivity contribution in [2.24, 2.45) is 0 Å². The smallest absolute Gasteiger partial charge is 0.168 e. The second-order valence-electron chi connectivity index (χ2n) is 7.56. The summed E-state index contributed by atoms with van der Waals surface area (Å²) in [6.07, 6.45) is 14.6. The van der Waals surface area contributed by atoms with E-state index in [1.165, 1.54) is 57.8 Å².